The fraction of sp³-hybridized carbons (Fsp3) is 0.533. The molecule has 1 aliphatic carbocycles. The Bertz CT molecular complexity index is 1070. The van der Waals surface area contributed by atoms with E-state index < -0.39 is 5.91 Å². The molecule has 0 saturated heterocycles. The molecule has 8 nitrogen and oxygen atoms in total. The smallest absolute Gasteiger partial charge is 0.305 e. The Labute approximate surface area is 225 Å². The minimum absolute atomic E-state index is 0.00416. The van der Waals surface area contributed by atoms with Gasteiger partial charge in [-0.3, -0.25) is 9.59 Å². The molecular formula is C30H41NO7. The summed E-state index contributed by atoms with van der Waals surface area (Å²) >= 11 is 0. The van der Waals surface area contributed by atoms with E-state index in [-0.39, 0.29) is 12.1 Å². The van der Waals surface area contributed by atoms with Crippen LogP contribution in [0.1, 0.15) is 69.4 Å². The second kappa shape index (κ2) is 14.5. The highest BCUT2D eigenvalue weighted by atomic mass is 16.5. The predicted molar refractivity (Wildman–Crippen MR) is 145 cm³/mol. The maximum absolute atomic E-state index is 11.8. The van der Waals surface area contributed by atoms with Crippen LogP contribution in [-0.4, -0.2) is 45.4 Å². The van der Waals surface area contributed by atoms with Crippen molar-refractivity contribution in [2.24, 2.45) is 5.73 Å². The number of carbonyl (C=O) groups excluding carboxylic acids is 2. The summed E-state index contributed by atoms with van der Waals surface area (Å²) in [5.41, 5.74) is 9.13. The summed E-state index contributed by atoms with van der Waals surface area (Å²) in [5.74, 6) is 2.36. The van der Waals surface area contributed by atoms with Gasteiger partial charge in [-0.05, 0) is 50.2 Å². The van der Waals surface area contributed by atoms with Crippen LogP contribution >= 0.6 is 0 Å². The van der Waals surface area contributed by atoms with Crippen LogP contribution in [0.3, 0.4) is 0 Å². The largest absolute Gasteiger partial charge is 0.497 e. The number of benzene rings is 1. The topological polar surface area (TPSA) is 106 Å². The van der Waals surface area contributed by atoms with Gasteiger partial charge in [-0.1, -0.05) is 25.5 Å². The molecule has 1 unspecified atom stereocenters. The first-order valence-electron chi connectivity index (χ1n) is 13.5. The highest BCUT2D eigenvalue weighted by Gasteiger charge is 2.27. The first-order chi connectivity index (χ1) is 18.4. The van der Waals surface area contributed by atoms with Gasteiger partial charge in [0, 0.05) is 30.4 Å². The number of carbonyl (C=O) groups is 2. The molecule has 0 radical (unpaired) electrons. The maximum atomic E-state index is 11.8. The molecule has 2 aliphatic rings. The Morgan fingerprint density at radius 2 is 1.95 bits per heavy atom. The van der Waals surface area contributed by atoms with Crippen molar-refractivity contribution >= 4 is 11.9 Å². The fourth-order valence-electron chi connectivity index (χ4n) is 4.99. The maximum Gasteiger partial charge on any atom is 0.305 e. The quantitative estimate of drug-likeness (QED) is 0.193. The zero-order valence-corrected chi connectivity index (χ0v) is 22.9. The van der Waals surface area contributed by atoms with E-state index in [0.717, 1.165) is 54.1 Å². The van der Waals surface area contributed by atoms with Gasteiger partial charge in [0.15, 0.2) is 0 Å². The lowest BCUT2D eigenvalue weighted by Crippen LogP contribution is -2.25. The van der Waals surface area contributed by atoms with Gasteiger partial charge in [-0.15, -0.1) is 6.58 Å². The third-order valence-corrected chi connectivity index (χ3v) is 6.88. The molecule has 1 aromatic rings. The molecule has 3 rings (SSSR count). The number of hydrogen-bond donors (Lipinski definition) is 1. The lowest BCUT2D eigenvalue weighted by molar-refractivity contribution is -0.141. The molecule has 0 fully saturated rings. The van der Waals surface area contributed by atoms with Crippen LogP contribution in [0.5, 0.6) is 11.5 Å². The van der Waals surface area contributed by atoms with Crippen molar-refractivity contribution in [1.29, 1.82) is 0 Å². The average molecular weight is 528 g/mol. The molecule has 0 bridgehead atoms. The number of esters is 1. The van der Waals surface area contributed by atoms with E-state index in [2.05, 4.69) is 19.6 Å². The van der Waals surface area contributed by atoms with Crippen molar-refractivity contribution in [3.63, 3.8) is 0 Å². The molecule has 1 aromatic carbocycles. The van der Waals surface area contributed by atoms with Crippen molar-refractivity contribution in [2.45, 2.75) is 77.2 Å². The van der Waals surface area contributed by atoms with Gasteiger partial charge in [-0.25, -0.2) is 0 Å². The fourth-order valence-corrected chi connectivity index (χ4v) is 4.99. The molecule has 2 N–H and O–H groups in total. The molecule has 0 spiro atoms. The van der Waals surface area contributed by atoms with Crippen LogP contribution < -0.4 is 15.2 Å². The Hall–Kier alpha value is -3.42. The number of amides is 1. The highest BCUT2D eigenvalue weighted by Crippen LogP contribution is 2.39. The van der Waals surface area contributed by atoms with Crippen molar-refractivity contribution in [3.05, 3.63) is 58.6 Å². The molecule has 0 aromatic heterocycles. The number of aryl methyl sites for hydroxylation is 1. The summed E-state index contributed by atoms with van der Waals surface area (Å²) in [7, 11) is 2.95. The molecule has 38 heavy (non-hydrogen) atoms. The van der Waals surface area contributed by atoms with Crippen molar-refractivity contribution in [1.82, 2.24) is 0 Å². The second-order valence-corrected chi connectivity index (χ2v) is 9.49. The SMILES string of the molecule is C=CCC1=C(OCCCOc2ccc3c(c2CCC)OC(CCC(=O)OC)CC3)CCC(C(N)=O)=C1OC. The van der Waals surface area contributed by atoms with Crippen LogP contribution in [0, 0.1) is 0 Å². The molecule has 1 amide bonds. The van der Waals surface area contributed by atoms with Crippen LogP contribution in [0.4, 0.5) is 0 Å². The second-order valence-electron chi connectivity index (χ2n) is 9.49. The Morgan fingerprint density at radius 3 is 2.63 bits per heavy atom. The Morgan fingerprint density at radius 1 is 1.16 bits per heavy atom. The number of primary amides is 1. The highest BCUT2D eigenvalue weighted by molar-refractivity contribution is 5.93. The van der Waals surface area contributed by atoms with Crippen LogP contribution in [0.15, 0.2) is 47.5 Å². The Kier molecular flexibility index (Phi) is 11.1. The van der Waals surface area contributed by atoms with Crippen molar-refractivity contribution in [2.75, 3.05) is 27.4 Å². The minimum atomic E-state index is -0.470. The molecule has 8 heteroatoms. The standard InChI is InChI=1S/C30H41NO7/c1-5-8-22-25(15-11-20-10-12-21(38-28(20)22)13-17-27(32)34-3)36-18-7-19-37-26-16-14-24(30(31)33)29(35-4)23(26)9-6-2/h6,11,15,21H,2,5,7-10,12-14,16-19H2,1,3-4H3,(H2,31,33). The monoisotopic (exact) mass is 527 g/mol. The Balaban J connectivity index is 1.62. The summed E-state index contributed by atoms with van der Waals surface area (Å²) in [4.78, 5) is 23.4. The molecular weight excluding hydrogens is 486 g/mol. The van der Waals surface area contributed by atoms with Crippen LogP contribution in [-0.2, 0) is 36.6 Å². The van der Waals surface area contributed by atoms with Gasteiger partial charge in [0.25, 0.3) is 0 Å². The van der Waals surface area contributed by atoms with Crippen molar-refractivity contribution in [3.8, 4) is 11.5 Å². The summed E-state index contributed by atoms with van der Waals surface area (Å²) in [6.07, 6.45) is 8.68. The number of methoxy groups -OCH3 is 2. The number of allylic oxidation sites excluding steroid dienone is 3. The lowest BCUT2D eigenvalue weighted by atomic mass is 9.93. The van der Waals surface area contributed by atoms with E-state index in [1.165, 1.54) is 19.8 Å². The van der Waals surface area contributed by atoms with Gasteiger partial charge in [0.2, 0.25) is 5.91 Å². The van der Waals surface area contributed by atoms with E-state index in [9.17, 15) is 9.59 Å². The summed E-state index contributed by atoms with van der Waals surface area (Å²) < 4.78 is 29.0. The van der Waals surface area contributed by atoms with Crippen molar-refractivity contribution < 1.29 is 33.3 Å². The van der Waals surface area contributed by atoms with Gasteiger partial charge in [-0.2, -0.15) is 0 Å². The zero-order chi connectivity index (χ0) is 27.5. The molecule has 1 heterocycles. The average Bonchev–Trinajstić information content (AvgIpc) is 2.92. The first kappa shape index (κ1) is 29.1. The number of nitrogens with two attached hydrogens (primary N) is 1. The van der Waals surface area contributed by atoms with Crippen LogP contribution in [0.25, 0.3) is 0 Å². The van der Waals surface area contributed by atoms with E-state index in [0.29, 0.717) is 63.1 Å². The number of ether oxygens (including phenoxy) is 5. The normalized spacial score (nSPS) is 16.9. The number of rotatable bonds is 15. The van der Waals surface area contributed by atoms with E-state index in [1.807, 2.05) is 6.07 Å². The molecule has 1 aliphatic heterocycles. The van der Waals surface area contributed by atoms with E-state index in [1.54, 1.807) is 6.08 Å². The zero-order valence-electron chi connectivity index (χ0n) is 22.9. The number of hydrogen-bond acceptors (Lipinski definition) is 7. The number of fused-ring (bicyclic) bond motifs is 1. The minimum Gasteiger partial charge on any atom is -0.497 e. The van der Waals surface area contributed by atoms with Gasteiger partial charge < -0.3 is 29.4 Å². The first-order valence-corrected chi connectivity index (χ1v) is 13.5. The van der Waals surface area contributed by atoms with Gasteiger partial charge in [0.1, 0.15) is 23.0 Å². The van der Waals surface area contributed by atoms with Gasteiger partial charge in [0.05, 0.1) is 39.1 Å². The predicted octanol–water partition coefficient (Wildman–Crippen LogP) is 5.08. The molecule has 1 atom stereocenters. The summed E-state index contributed by atoms with van der Waals surface area (Å²) in [6.45, 7) is 6.92. The lowest BCUT2D eigenvalue weighted by Gasteiger charge is -2.29. The molecule has 0 saturated carbocycles. The third-order valence-electron chi connectivity index (χ3n) is 6.88. The van der Waals surface area contributed by atoms with E-state index >= 15 is 0 Å². The van der Waals surface area contributed by atoms with Crippen LogP contribution in [0.2, 0.25) is 0 Å². The van der Waals surface area contributed by atoms with E-state index in [4.69, 9.17) is 29.4 Å². The van der Waals surface area contributed by atoms with Gasteiger partial charge >= 0.3 is 5.97 Å². The molecule has 208 valence electrons. The summed E-state index contributed by atoms with van der Waals surface area (Å²) in [5, 5.41) is 0. The summed E-state index contributed by atoms with van der Waals surface area (Å²) in [6, 6.07) is 4.12. The third kappa shape index (κ3) is 7.33.